The van der Waals surface area contributed by atoms with Crippen molar-refractivity contribution >= 4 is 11.6 Å². The Morgan fingerprint density at radius 3 is 2.35 bits per heavy atom. The Kier molecular flexibility index (Phi) is 6.31. The highest BCUT2D eigenvalue weighted by Gasteiger charge is 2.32. The molecule has 1 rings (SSSR count). The molecule has 2 unspecified atom stereocenters. The molecule has 0 amide bonds. The first-order valence-corrected chi connectivity index (χ1v) is 7.23. The lowest BCUT2D eigenvalue weighted by Crippen LogP contribution is -2.47. The van der Waals surface area contributed by atoms with Gasteiger partial charge in [-0.15, -0.1) is 0 Å². The second-order valence-electron chi connectivity index (χ2n) is 6.08. The van der Waals surface area contributed by atoms with E-state index >= 15 is 0 Å². The third-order valence-electron chi connectivity index (χ3n) is 3.53. The molecule has 2 atom stereocenters. The van der Waals surface area contributed by atoms with E-state index < -0.39 is 0 Å². The highest BCUT2D eigenvalue weighted by Crippen LogP contribution is 2.29. The van der Waals surface area contributed by atoms with E-state index in [0.29, 0.717) is 0 Å². The van der Waals surface area contributed by atoms with E-state index in [-0.39, 0.29) is 17.6 Å². The minimum atomic E-state index is 0.0498. The van der Waals surface area contributed by atoms with E-state index in [1.54, 1.807) is 14.2 Å². The van der Waals surface area contributed by atoms with Gasteiger partial charge in [-0.3, -0.25) is 0 Å². The molecular formula is C16H26ClNO2. The molecule has 114 valence electrons. The van der Waals surface area contributed by atoms with Crippen LogP contribution in [0.4, 0.5) is 0 Å². The number of rotatable bonds is 6. The van der Waals surface area contributed by atoms with E-state index in [2.05, 4.69) is 26.1 Å². The molecular weight excluding hydrogens is 274 g/mol. The van der Waals surface area contributed by atoms with Crippen molar-refractivity contribution in [2.24, 2.45) is 5.41 Å². The van der Waals surface area contributed by atoms with Crippen molar-refractivity contribution in [2.45, 2.75) is 39.3 Å². The zero-order valence-electron chi connectivity index (χ0n) is 13.3. The van der Waals surface area contributed by atoms with E-state index in [1.165, 1.54) is 0 Å². The van der Waals surface area contributed by atoms with Crippen molar-refractivity contribution in [3.63, 3.8) is 0 Å². The molecule has 4 heteroatoms. The van der Waals surface area contributed by atoms with Crippen molar-refractivity contribution in [2.75, 3.05) is 21.3 Å². The first-order chi connectivity index (χ1) is 9.33. The molecule has 0 radical (unpaired) electrons. The molecule has 0 bridgehead atoms. The number of halogens is 1. The van der Waals surface area contributed by atoms with Gasteiger partial charge in [0.15, 0.2) is 0 Å². The molecule has 0 heterocycles. The number of nitrogens with one attached hydrogen (secondary N) is 1. The van der Waals surface area contributed by atoms with Crippen LogP contribution >= 0.6 is 11.6 Å². The van der Waals surface area contributed by atoms with Crippen LogP contribution in [0.1, 0.15) is 26.3 Å². The Hall–Kier alpha value is -0.770. The number of hydrogen-bond donors (Lipinski definition) is 1. The lowest BCUT2D eigenvalue weighted by molar-refractivity contribution is -0.00931. The minimum Gasteiger partial charge on any atom is -0.496 e. The standard InChI is InChI=1S/C16H26ClNO2/c1-16(2,3)15(20-6)13(18-4)10-11-9-12(17)7-8-14(11)19-5/h7-9,13,15,18H,10H2,1-6H3. The molecule has 0 saturated heterocycles. The Bertz CT molecular complexity index is 429. The zero-order valence-corrected chi connectivity index (χ0v) is 14.0. The first kappa shape index (κ1) is 17.3. The molecule has 1 N–H and O–H groups in total. The van der Waals surface area contributed by atoms with E-state index in [4.69, 9.17) is 21.1 Å². The molecule has 0 aliphatic rings. The fourth-order valence-corrected chi connectivity index (χ4v) is 2.82. The molecule has 1 aromatic rings. The summed E-state index contributed by atoms with van der Waals surface area (Å²) in [5.74, 6) is 0.860. The summed E-state index contributed by atoms with van der Waals surface area (Å²) in [7, 11) is 5.40. The van der Waals surface area contributed by atoms with Gasteiger partial charge in [0.1, 0.15) is 5.75 Å². The third-order valence-corrected chi connectivity index (χ3v) is 3.76. The number of methoxy groups -OCH3 is 2. The Morgan fingerprint density at radius 1 is 1.25 bits per heavy atom. The number of likely N-dealkylation sites (N-methyl/N-ethyl adjacent to an activating group) is 1. The molecule has 0 saturated carbocycles. The van der Waals surface area contributed by atoms with Crippen molar-refractivity contribution in [3.05, 3.63) is 28.8 Å². The van der Waals surface area contributed by atoms with Gasteiger partial charge in [0, 0.05) is 18.2 Å². The Labute approximate surface area is 127 Å². The molecule has 0 spiro atoms. The summed E-state index contributed by atoms with van der Waals surface area (Å²) in [6.45, 7) is 6.54. The van der Waals surface area contributed by atoms with Crippen LogP contribution in [0.5, 0.6) is 5.75 Å². The van der Waals surface area contributed by atoms with Crippen LogP contribution in [-0.2, 0) is 11.2 Å². The summed E-state index contributed by atoms with van der Waals surface area (Å²) in [4.78, 5) is 0. The van der Waals surface area contributed by atoms with Gasteiger partial charge in [-0.25, -0.2) is 0 Å². The largest absolute Gasteiger partial charge is 0.496 e. The topological polar surface area (TPSA) is 30.5 Å². The predicted octanol–water partition coefficient (Wildman–Crippen LogP) is 3.54. The SMILES string of the molecule is CNC(Cc1cc(Cl)ccc1OC)C(OC)C(C)(C)C. The van der Waals surface area contributed by atoms with Gasteiger partial charge in [0.05, 0.1) is 13.2 Å². The summed E-state index contributed by atoms with van der Waals surface area (Å²) in [5, 5.41) is 4.08. The fraction of sp³-hybridized carbons (Fsp3) is 0.625. The van der Waals surface area contributed by atoms with Crippen LogP contribution in [0.25, 0.3) is 0 Å². The van der Waals surface area contributed by atoms with Crippen LogP contribution in [0.2, 0.25) is 5.02 Å². The maximum atomic E-state index is 6.10. The van der Waals surface area contributed by atoms with Gasteiger partial charge in [-0.2, -0.15) is 0 Å². The van der Waals surface area contributed by atoms with Gasteiger partial charge in [-0.1, -0.05) is 32.4 Å². The Morgan fingerprint density at radius 2 is 1.90 bits per heavy atom. The van der Waals surface area contributed by atoms with Gasteiger partial charge in [0.25, 0.3) is 0 Å². The lowest BCUT2D eigenvalue weighted by atomic mass is 9.82. The fourth-order valence-electron chi connectivity index (χ4n) is 2.63. The smallest absolute Gasteiger partial charge is 0.122 e. The third kappa shape index (κ3) is 4.37. The number of ether oxygens (including phenoxy) is 2. The maximum absolute atomic E-state index is 6.10. The van der Waals surface area contributed by atoms with Crippen LogP contribution < -0.4 is 10.1 Å². The average molecular weight is 300 g/mol. The van der Waals surface area contributed by atoms with Crippen LogP contribution in [-0.4, -0.2) is 33.4 Å². The molecule has 1 aromatic carbocycles. The van der Waals surface area contributed by atoms with Crippen molar-refractivity contribution in [3.8, 4) is 5.75 Å². The highest BCUT2D eigenvalue weighted by atomic mass is 35.5. The van der Waals surface area contributed by atoms with Crippen LogP contribution in [0, 0.1) is 5.41 Å². The quantitative estimate of drug-likeness (QED) is 0.871. The van der Waals surface area contributed by atoms with Gasteiger partial charge in [0.2, 0.25) is 0 Å². The van der Waals surface area contributed by atoms with Gasteiger partial charge < -0.3 is 14.8 Å². The number of benzene rings is 1. The molecule has 0 aromatic heterocycles. The lowest BCUT2D eigenvalue weighted by Gasteiger charge is -2.36. The molecule has 0 aliphatic heterocycles. The molecule has 20 heavy (non-hydrogen) atoms. The van der Waals surface area contributed by atoms with Gasteiger partial charge in [-0.05, 0) is 42.6 Å². The van der Waals surface area contributed by atoms with Gasteiger partial charge >= 0.3 is 0 Å². The molecule has 0 fully saturated rings. The highest BCUT2D eigenvalue weighted by molar-refractivity contribution is 6.30. The van der Waals surface area contributed by atoms with Crippen molar-refractivity contribution < 1.29 is 9.47 Å². The summed E-state index contributed by atoms with van der Waals surface area (Å²) in [5.41, 5.74) is 1.14. The summed E-state index contributed by atoms with van der Waals surface area (Å²) in [6, 6.07) is 5.89. The van der Waals surface area contributed by atoms with Crippen LogP contribution in [0.3, 0.4) is 0 Å². The summed E-state index contributed by atoms with van der Waals surface area (Å²) >= 11 is 6.10. The van der Waals surface area contributed by atoms with Crippen LogP contribution in [0.15, 0.2) is 18.2 Å². The molecule has 0 aliphatic carbocycles. The second kappa shape index (κ2) is 7.30. The predicted molar refractivity (Wildman–Crippen MR) is 84.8 cm³/mol. The minimum absolute atomic E-state index is 0.0498. The normalized spacial score (nSPS) is 14.9. The second-order valence-corrected chi connectivity index (χ2v) is 6.51. The molecule has 3 nitrogen and oxygen atoms in total. The average Bonchev–Trinajstić information content (AvgIpc) is 2.37. The van der Waals surface area contributed by atoms with Crippen molar-refractivity contribution in [1.29, 1.82) is 0 Å². The number of hydrogen-bond acceptors (Lipinski definition) is 3. The van der Waals surface area contributed by atoms with E-state index in [9.17, 15) is 0 Å². The zero-order chi connectivity index (χ0) is 15.3. The Balaban J connectivity index is 3.01. The monoisotopic (exact) mass is 299 g/mol. The maximum Gasteiger partial charge on any atom is 0.122 e. The van der Waals surface area contributed by atoms with E-state index in [0.717, 1.165) is 22.8 Å². The summed E-state index contributed by atoms with van der Waals surface area (Å²) in [6.07, 6.45) is 0.895. The van der Waals surface area contributed by atoms with Crippen molar-refractivity contribution in [1.82, 2.24) is 5.32 Å². The first-order valence-electron chi connectivity index (χ1n) is 6.86. The summed E-state index contributed by atoms with van der Waals surface area (Å²) < 4.78 is 11.1. The van der Waals surface area contributed by atoms with E-state index in [1.807, 2.05) is 25.2 Å².